The number of piperazine rings is 1. The number of benzene rings is 2. The molecule has 1 N–H and O–H groups in total. The van der Waals surface area contributed by atoms with Gasteiger partial charge in [-0.3, -0.25) is 9.69 Å². The van der Waals surface area contributed by atoms with Crippen LogP contribution in [0, 0.1) is 0 Å². The topological polar surface area (TPSA) is 35.6 Å². The zero-order valence-electron chi connectivity index (χ0n) is 14.6. The zero-order chi connectivity index (χ0) is 19.2. The smallest absolute Gasteiger partial charge is 0.288 e. The molecule has 144 valence electrons. The van der Waals surface area contributed by atoms with Crippen molar-refractivity contribution in [1.82, 2.24) is 4.90 Å². The van der Waals surface area contributed by atoms with Gasteiger partial charge in [0.25, 0.3) is 5.76 Å². The number of amides is 1. The number of nitrogens with one attached hydrogen (secondary N) is 1. The molecule has 0 unspecified atom stereocenters. The van der Waals surface area contributed by atoms with E-state index in [4.69, 9.17) is 11.6 Å². The number of nitrogens with zero attached hydrogens (tertiary/aromatic N) is 2. The molecule has 0 aromatic heterocycles. The molecule has 0 atom stereocenters. The van der Waals surface area contributed by atoms with E-state index in [1.165, 1.54) is 0 Å². The number of hydrogen-bond acceptors (Lipinski definition) is 4. The summed E-state index contributed by atoms with van der Waals surface area (Å²) in [5.41, 5.74) is 1.70. The lowest BCUT2D eigenvalue weighted by atomic mass is 10.2. The number of carbonyl (C=O) groups is 1. The maximum Gasteiger partial charge on any atom is 0.288 e. The van der Waals surface area contributed by atoms with E-state index in [0.717, 1.165) is 31.9 Å². The van der Waals surface area contributed by atoms with Crippen molar-refractivity contribution < 1.29 is 13.6 Å². The lowest BCUT2D eigenvalue weighted by Crippen LogP contribution is -2.48. The highest BCUT2D eigenvalue weighted by Crippen LogP contribution is 2.26. The summed E-state index contributed by atoms with van der Waals surface area (Å²) in [5, 5.41) is 3.53. The Morgan fingerprint density at radius 3 is 2.44 bits per heavy atom. The molecule has 3 rings (SSSR count). The fourth-order valence-electron chi connectivity index (χ4n) is 2.96. The third-order valence-corrected chi connectivity index (χ3v) is 5.23. The van der Waals surface area contributed by atoms with Crippen molar-refractivity contribution in [3.8, 4) is 0 Å². The summed E-state index contributed by atoms with van der Waals surface area (Å²) in [5.74, 6) is -2.56. The molecule has 1 aliphatic rings. The second-order valence-electron chi connectivity index (χ2n) is 6.19. The molecule has 0 bridgehead atoms. The fourth-order valence-corrected chi connectivity index (χ4v) is 3.64. The zero-order valence-corrected chi connectivity index (χ0v) is 16.1. The molecule has 0 aliphatic carbocycles. The number of carbonyl (C=O) groups excluding carboxylic acids is 1. The Hall–Kier alpha value is -1.83. The van der Waals surface area contributed by atoms with Crippen molar-refractivity contribution >= 4 is 40.6 Å². The maximum atomic E-state index is 12.3. The summed E-state index contributed by atoms with van der Waals surface area (Å²) >= 11 is 6.53. The third-order valence-electron chi connectivity index (χ3n) is 4.28. The van der Waals surface area contributed by atoms with Crippen molar-refractivity contribution in [3.63, 3.8) is 0 Å². The number of rotatable bonds is 6. The number of alkyl halides is 2. The van der Waals surface area contributed by atoms with Gasteiger partial charge in [0.05, 0.1) is 6.54 Å². The van der Waals surface area contributed by atoms with Crippen LogP contribution in [0.5, 0.6) is 0 Å². The summed E-state index contributed by atoms with van der Waals surface area (Å²) in [4.78, 5) is 17.0. The second kappa shape index (κ2) is 9.39. The highest BCUT2D eigenvalue weighted by atomic mass is 35.5. The minimum Gasteiger partial charge on any atom is -0.369 e. The summed E-state index contributed by atoms with van der Waals surface area (Å²) in [6.07, 6.45) is 0. The van der Waals surface area contributed by atoms with E-state index in [9.17, 15) is 13.6 Å². The predicted molar refractivity (Wildman–Crippen MR) is 107 cm³/mol. The highest BCUT2D eigenvalue weighted by molar-refractivity contribution is 7.99. The number of halogens is 3. The first-order valence-corrected chi connectivity index (χ1v) is 9.83. The van der Waals surface area contributed by atoms with Gasteiger partial charge in [0.2, 0.25) is 5.91 Å². The maximum absolute atomic E-state index is 12.3. The van der Waals surface area contributed by atoms with Crippen molar-refractivity contribution in [1.29, 1.82) is 0 Å². The van der Waals surface area contributed by atoms with Crippen molar-refractivity contribution in [2.24, 2.45) is 0 Å². The molecule has 2 aromatic carbocycles. The summed E-state index contributed by atoms with van der Waals surface area (Å²) in [6.45, 7) is 3.52. The Labute approximate surface area is 166 Å². The Kier molecular flexibility index (Phi) is 6.93. The normalized spacial score (nSPS) is 15.2. The van der Waals surface area contributed by atoms with Crippen LogP contribution < -0.4 is 10.2 Å². The van der Waals surface area contributed by atoms with Crippen LogP contribution in [0.15, 0.2) is 53.4 Å². The largest absolute Gasteiger partial charge is 0.369 e. The molecule has 0 spiro atoms. The van der Waals surface area contributed by atoms with Crippen molar-refractivity contribution in [2.45, 2.75) is 10.7 Å². The first kappa shape index (κ1) is 19.9. The first-order chi connectivity index (χ1) is 13.0. The van der Waals surface area contributed by atoms with Gasteiger partial charge in [0, 0.05) is 47.5 Å². The fraction of sp³-hybridized carbons (Fsp3) is 0.316. The predicted octanol–water partition coefficient (Wildman–Crippen LogP) is 4.42. The molecule has 0 saturated carbocycles. The lowest BCUT2D eigenvalue weighted by molar-refractivity contribution is -0.117. The molecule has 2 aromatic rings. The average molecular weight is 412 g/mol. The molecule has 1 aliphatic heterocycles. The highest BCUT2D eigenvalue weighted by Gasteiger charge is 2.19. The number of anilines is 2. The van der Waals surface area contributed by atoms with Gasteiger partial charge in [0.1, 0.15) is 0 Å². The molecule has 1 heterocycles. The van der Waals surface area contributed by atoms with Crippen LogP contribution in [0.1, 0.15) is 0 Å². The molecule has 8 heteroatoms. The molecular weight excluding hydrogens is 392 g/mol. The summed E-state index contributed by atoms with van der Waals surface area (Å²) in [6, 6.07) is 14.2. The molecule has 27 heavy (non-hydrogen) atoms. The van der Waals surface area contributed by atoms with Crippen molar-refractivity contribution in [3.05, 3.63) is 53.6 Å². The minimum absolute atomic E-state index is 0.111. The van der Waals surface area contributed by atoms with Gasteiger partial charge < -0.3 is 10.2 Å². The van der Waals surface area contributed by atoms with Crippen LogP contribution in [-0.4, -0.2) is 49.3 Å². The average Bonchev–Trinajstić information content (AvgIpc) is 2.63. The van der Waals surface area contributed by atoms with Crippen LogP contribution in [0.4, 0.5) is 20.2 Å². The monoisotopic (exact) mass is 411 g/mol. The Balaban J connectivity index is 1.45. The minimum atomic E-state index is -2.45. The van der Waals surface area contributed by atoms with Crippen LogP contribution in [0.2, 0.25) is 5.02 Å². The van der Waals surface area contributed by atoms with Crippen LogP contribution >= 0.6 is 23.4 Å². The standard InChI is InChI=1S/C19H20ClF2N3OS/c20-14-2-1-3-16(12-14)25-10-8-24(9-11-25)13-18(26)23-15-4-6-17(7-5-15)27-19(21)22/h1-7,12,19H,8-11,13H2,(H,23,26). The van der Waals surface area contributed by atoms with E-state index in [1.54, 1.807) is 24.3 Å². The molecule has 1 saturated heterocycles. The first-order valence-electron chi connectivity index (χ1n) is 8.57. The number of thioether (sulfide) groups is 1. The molecule has 1 amide bonds. The van der Waals surface area contributed by atoms with E-state index in [0.29, 0.717) is 33.9 Å². The third kappa shape index (κ3) is 6.09. The SMILES string of the molecule is O=C(CN1CCN(c2cccc(Cl)c2)CC1)Nc1ccc(SC(F)F)cc1. The summed E-state index contributed by atoms with van der Waals surface area (Å²) < 4.78 is 24.7. The summed E-state index contributed by atoms with van der Waals surface area (Å²) in [7, 11) is 0. The van der Waals surface area contributed by atoms with Gasteiger partial charge in [-0.1, -0.05) is 29.4 Å². The van der Waals surface area contributed by atoms with Crippen LogP contribution in [0.25, 0.3) is 0 Å². The van der Waals surface area contributed by atoms with Gasteiger partial charge in [-0.15, -0.1) is 0 Å². The van der Waals surface area contributed by atoms with Gasteiger partial charge in [-0.05, 0) is 42.5 Å². The molecule has 4 nitrogen and oxygen atoms in total. The van der Waals surface area contributed by atoms with Gasteiger partial charge in [-0.2, -0.15) is 8.78 Å². The Bertz CT molecular complexity index is 768. The quantitative estimate of drug-likeness (QED) is 0.714. The second-order valence-corrected chi connectivity index (χ2v) is 7.69. The number of hydrogen-bond donors (Lipinski definition) is 1. The van der Waals surface area contributed by atoms with Crippen LogP contribution in [-0.2, 0) is 4.79 Å². The molecule has 1 fully saturated rings. The van der Waals surface area contributed by atoms with E-state index in [-0.39, 0.29) is 5.91 Å². The van der Waals surface area contributed by atoms with E-state index in [1.807, 2.05) is 24.3 Å². The molecule has 0 radical (unpaired) electrons. The van der Waals surface area contributed by atoms with Gasteiger partial charge in [0.15, 0.2) is 0 Å². The van der Waals surface area contributed by atoms with Gasteiger partial charge >= 0.3 is 0 Å². The Morgan fingerprint density at radius 2 is 1.81 bits per heavy atom. The van der Waals surface area contributed by atoms with Crippen molar-refractivity contribution in [2.75, 3.05) is 42.9 Å². The van der Waals surface area contributed by atoms with E-state index >= 15 is 0 Å². The lowest BCUT2D eigenvalue weighted by Gasteiger charge is -2.35. The van der Waals surface area contributed by atoms with E-state index in [2.05, 4.69) is 15.1 Å². The Morgan fingerprint density at radius 1 is 1.11 bits per heavy atom. The van der Waals surface area contributed by atoms with E-state index < -0.39 is 5.76 Å². The molecular formula is C19H20ClF2N3OS. The van der Waals surface area contributed by atoms with Crippen LogP contribution in [0.3, 0.4) is 0 Å². The van der Waals surface area contributed by atoms with Gasteiger partial charge in [-0.25, -0.2) is 0 Å².